The van der Waals surface area contributed by atoms with E-state index in [4.69, 9.17) is 28.3 Å². The number of aliphatic hydroxyl groups is 2. The van der Waals surface area contributed by atoms with Gasteiger partial charge in [-0.05, 0) is 24.1 Å². The lowest BCUT2D eigenvalue weighted by molar-refractivity contribution is 0.0170. The normalized spacial score (nSPS) is 14.4. The summed E-state index contributed by atoms with van der Waals surface area (Å²) in [4.78, 5) is 10.7. The van der Waals surface area contributed by atoms with Crippen molar-refractivity contribution in [2.24, 2.45) is 0 Å². The Kier molecular flexibility index (Phi) is 5.21. The number of aromatic carboxylic acids is 1. The fourth-order valence-electron chi connectivity index (χ4n) is 1.38. The highest BCUT2D eigenvalue weighted by Gasteiger charge is 2.19. The molecule has 0 aliphatic rings. The van der Waals surface area contributed by atoms with Crippen LogP contribution in [-0.2, 0) is 0 Å². The van der Waals surface area contributed by atoms with Gasteiger partial charge in [0.25, 0.3) is 0 Å². The minimum absolute atomic E-state index is 0.0205. The number of alkyl halides is 1. The van der Waals surface area contributed by atoms with Gasteiger partial charge in [0.05, 0.1) is 16.7 Å². The van der Waals surface area contributed by atoms with Crippen molar-refractivity contribution in [2.45, 2.75) is 18.6 Å². The highest BCUT2D eigenvalue weighted by atomic mass is 35.5. The van der Waals surface area contributed by atoms with Crippen LogP contribution >= 0.6 is 23.2 Å². The Morgan fingerprint density at radius 2 is 2.00 bits per heavy atom. The molecule has 0 aliphatic heterocycles. The molecule has 0 fully saturated rings. The Bertz CT molecular complexity index is 408. The zero-order valence-corrected chi connectivity index (χ0v) is 10.3. The van der Waals surface area contributed by atoms with Crippen molar-refractivity contribution in [1.82, 2.24) is 0 Å². The molecule has 0 bridgehead atoms. The fourth-order valence-corrected chi connectivity index (χ4v) is 1.87. The fraction of sp³-hybridized carbons (Fsp3) is 0.364. The topological polar surface area (TPSA) is 77.8 Å². The minimum Gasteiger partial charge on any atom is -0.478 e. The van der Waals surface area contributed by atoms with Crippen molar-refractivity contribution in [1.29, 1.82) is 0 Å². The molecule has 1 aromatic rings. The highest BCUT2D eigenvalue weighted by molar-refractivity contribution is 6.33. The highest BCUT2D eigenvalue weighted by Crippen LogP contribution is 2.25. The summed E-state index contributed by atoms with van der Waals surface area (Å²) < 4.78 is 0. The van der Waals surface area contributed by atoms with Gasteiger partial charge in [-0.1, -0.05) is 17.7 Å². The Hall–Kier alpha value is -0.810. The molecule has 0 amide bonds. The number of halogens is 2. The van der Waals surface area contributed by atoms with Crippen molar-refractivity contribution >= 4 is 29.2 Å². The predicted octanol–water partition coefficient (Wildman–Crippen LogP) is 2.06. The van der Waals surface area contributed by atoms with Crippen LogP contribution in [0.4, 0.5) is 0 Å². The standard InChI is InChI=1S/C11H12Cl2O4/c12-4-3-9(14)10(15)6-1-2-7(11(16)17)8(13)5-6/h1-2,5,9-10,14-15H,3-4H2,(H,16,17). The third kappa shape index (κ3) is 3.57. The molecule has 0 saturated heterocycles. The van der Waals surface area contributed by atoms with Crippen LogP contribution in [0.1, 0.15) is 28.4 Å². The van der Waals surface area contributed by atoms with E-state index in [1.807, 2.05) is 0 Å². The molecule has 6 heteroatoms. The average Bonchev–Trinajstić information content (AvgIpc) is 2.27. The molecule has 2 unspecified atom stereocenters. The maximum atomic E-state index is 10.7. The first kappa shape index (κ1) is 14.3. The van der Waals surface area contributed by atoms with Crippen LogP contribution in [0.15, 0.2) is 18.2 Å². The summed E-state index contributed by atoms with van der Waals surface area (Å²) in [7, 11) is 0. The van der Waals surface area contributed by atoms with Gasteiger partial charge in [-0.15, -0.1) is 11.6 Å². The second-order valence-corrected chi connectivity index (χ2v) is 4.32. The van der Waals surface area contributed by atoms with Crippen LogP contribution in [0.5, 0.6) is 0 Å². The van der Waals surface area contributed by atoms with Crippen LogP contribution in [-0.4, -0.2) is 33.3 Å². The molecule has 1 rings (SSSR count). The van der Waals surface area contributed by atoms with Gasteiger partial charge < -0.3 is 15.3 Å². The van der Waals surface area contributed by atoms with Crippen molar-refractivity contribution in [3.05, 3.63) is 34.3 Å². The Morgan fingerprint density at radius 3 is 2.47 bits per heavy atom. The first-order chi connectivity index (χ1) is 7.97. The van der Waals surface area contributed by atoms with Gasteiger partial charge >= 0.3 is 5.97 Å². The van der Waals surface area contributed by atoms with E-state index in [1.165, 1.54) is 18.2 Å². The van der Waals surface area contributed by atoms with Gasteiger partial charge in [-0.25, -0.2) is 4.79 Å². The number of carbonyl (C=O) groups is 1. The first-order valence-corrected chi connectivity index (χ1v) is 5.83. The van der Waals surface area contributed by atoms with Gasteiger partial charge in [0.2, 0.25) is 0 Å². The van der Waals surface area contributed by atoms with Crippen LogP contribution in [0, 0.1) is 0 Å². The molecular weight excluding hydrogens is 267 g/mol. The number of carboxylic acid groups (broad SMARTS) is 1. The number of aliphatic hydroxyl groups excluding tert-OH is 2. The molecule has 0 aromatic heterocycles. The van der Waals surface area contributed by atoms with E-state index < -0.39 is 18.2 Å². The summed E-state index contributed by atoms with van der Waals surface area (Å²) in [5.74, 6) is -0.920. The lowest BCUT2D eigenvalue weighted by Crippen LogP contribution is -2.18. The van der Waals surface area contributed by atoms with Gasteiger partial charge in [-0.2, -0.15) is 0 Å². The van der Waals surface area contributed by atoms with Crippen molar-refractivity contribution in [3.63, 3.8) is 0 Å². The largest absolute Gasteiger partial charge is 0.478 e. The summed E-state index contributed by atoms with van der Waals surface area (Å²) in [6.07, 6.45) is -1.89. The second-order valence-electron chi connectivity index (χ2n) is 3.53. The van der Waals surface area contributed by atoms with Crippen molar-refractivity contribution < 1.29 is 20.1 Å². The maximum absolute atomic E-state index is 10.7. The van der Waals surface area contributed by atoms with E-state index in [0.717, 1.165) is 0 Å². The quantitative estimate of drug-likeness (QED) is 0.721. The zero-order chi connectivity index (χ0) is 13.0. The molecule has 2 atom stereocenters. The monoisotopic (exact) mass is 278 g/mol. The van der Waals surface area contributed by atoms with Crippen LogP contribution in [0.25, 0.3) is 0 Å². The van der Waals surface area contributed by atoms with E-state index in [2.05, 4.69) is 0 Å². The average molecular weight is 279 g/mol. The molecule has 0 heterocycles. The molecule has 0 spiro atoms. The lowest BCUT2D eigenvalue weighted by atomic mass is 10.0. The molecule has 3 N–H and O–H groups in total. The molecule has 94 valence electrons. The summed E-state index contributed by atoms with van der Waals surface area (Å²) in [6, 6.07) is 4.03. The van der Waals surface area contributed by atoms with Gasteiger partial charge in [0.15, 0.2) is 0 Å². The molecule has 17 heavy (non-hydrogen) atoms. The van der Waals surface area contributed by atoms with Crippen LogP contribution in [0.2, 0.25) is 5.02 Å². The van der Waals surface area contributed by atoms with Crippen LogP contribution in [0.3, 0.4) is 0 Å². The number of rotatable bonds is 5. The smallest absolute Gasteiger partial charge is 0.337 e. The van der Waals surface area contributed by atoms with Crippen LogP contribution < -0.4 is 0 Å². The lowest BCUT2D eigenvalue weighted by Gasteiger charge is -2.17. The number of hydrogen-bond acceptors (Lipinski definition) is 3. The molecule has 0 aliphatic carbocycles. The Morgan fingerprint density at radius 1 is 1.35 bits per heavy atom. The predicted molar refractivity (Wildman–Crippen MR) is 64.7 cm³/mol. The third-order valence-corrected chi connectivity index (χ3v) is 2.87. The van der Waals surface area contributed by atoms with Crippen molar-refractivity contribution in [2.75, 3.05) is 5.88 Å². The number of carboxylic acids is 1. The molecule has 4 nitrogen and oxygen atoms in total. The van der Waals surface area contributed by atoms with E-state index in [9.17, 15) is 15.0 Å². The van der Waals surface area contributed by atoms with Gasteiger partial charge in [0.1, 0.15) is 6.10 Å². The molecule has 1 aromatic carbocycles. The first-order valence-electron chi connectivity index (χ1n) is 4.92. The van der Waals surface area contributed by atoms with E-state index in [1.54, 1.807) is 0 Å². The zero-order valence-electron chi connectivity index (χ0n) is 8.81. The molecule has 0 saturated carbocycles. The van der Waals surface area contributed by atoms with E-state index >= 15 is 0 Å². The van der Waals surface area contributed by atoms with Gasteiger partial charge in [-0.3, -0.25) is 0 Å². The van der Waals surface area contributed by atoms with Gasteiger partial charge in [0, 0.05) is 5.88 Å². The van der Waals surface area contributed by atoms with E-state index in [-0.39, 0.29) is 22.9 Å². The minimum atomic E-state index is -1.14. The summed E-state index contributed by atoms with van der Waals surface area (Å²) in [5.41, 5.74) is 0.312. The van der Waals surface area contributed by atoms with Crippen molar-refractivity contribution in [3.8, 4) is 0 Å². The summed E-state index contributed by atoms with van der Waals surface area (Å²) in [6.45, 7) is 0. The SMILES string of the molecule is O=C(O)c1ccc(C(O)C(O)CCCl)cc1Cl. The Labute approximate surface area is 108 Å². The van der Waals surface area contributed by atoms with E-state index in [0.29, 0.717) is 5.56 Å². The third-order valence-electron chi connectivity index (χ3n) is 2.33. The Balaban J connectivity index is 2.93. The summed E-state index contributed by atoms with van der Waals surface area (Å²) in [5, 5.41) is 28.1. The summed E-state index contributed by atoms with van der Waals surface area (Å²) >= 11 is 11.2. The number of benzene rings is 1. The molecule has 0 radical (unpaired) electrons. The maximum Gasteiger partial charge on any atom is 0.337 e. The molecular formula is C11H12Cl2O4. The number of hydrogen-bond donors (Lipinski definition) is 3. The second kappa shape index (κ2) is 6.21.